The summed E-state index contributed by atoms with van der Waals surface area (Å²) in [6, 6.07) is 9.63. The zero-order valence-corrected chi connectivity index (χ0v) is 13.3. The fourth-order valence-electron chi connectivity index (χ4n) is 2.30. The van der Waals surface area contributed by atoms with Gasteiger partial charge in [0.15, 0.2) is 9.84 Å². The number of hydrogen-bond donors (Lipinski definition) is 1. The second-order valence-corrected chi connectivity index (χ2v) is 7.30. The summed E-state index contributed by atoms with van der Waals surface area (Å²) in [7, 11) is -3.40. The Kier molecular flexibility index (Phi) is 4.04. The summed E-state index contributed by atoms with van der Waals surface area (Å²) in [5.41, 5.74) is 2.05. The van der Waals surface area contributed by atoms with E-state index in [1.165, 1.54) is 12.1 Å². The summed E-state index contributed by atoms with van der Waals surface area (Å²) in [5.74, 6) is -0.581. The highest BCUT2D eigenvalue weighted by molar-refractivity contribution is 7.90. The molecule has 23 heavy (non-hydrogen) atoms. The molecule has 0 fully saturated rings. The van der Waals surface area contributed by atoms with Crippen molar-refractivity contribution in [2.45, 2.75) is 11.3 Å². The van der Waals surface area contributed by atoms with Crippen molar-refractivity contribution in [1.82, 2.24) is 9.38 Å². The zero-order chi connectivity index (χ0) is 16.4. The van der Waals surface area contributed by atoms with Crippen molar-refractivity contribution in [2.24, 2.45) is 0 Å². The van der Waals surface area contributed by atoms with Crippen molar-refractivity contribution in [2.75, 3.05) is 18.1 Å². The van der Waals surface area contributed by atoms with Crippen LogP contribution in [0.1, 0.15) is 5.69 Å². The van der Waals surface area contributed by atoms with Gasteiger partial charge in [0.25, 0.3) is 0 Å². The average Bonchev–Trinajstić information content (AvgIpc) is 2.90. The highest BCUT2D eigenvalue weighted by atomic mass is 32.2. The number of nitrogens with zero attached hydrogens (tertiary/aromatic N) is 2. The third kappa shape index (κ3) is 3.50. The molecule has 7 heteroatoms. The summed E-state index contributed by atoms with van der Waals surface area (Å²) < 4.78 is 38.6. The third-order valence-corrected chi connectivity index (χ3v) is 4.59. The summed E-state index contributed by atoms with van der Waals surface area (Å²) >= 11 is 0. The van der Waals surface area contributed by atoms with Gasteiger partial charge >= 0.3 is 0 Å². The Hall–Kier alpha value is -2.41. The van der Waals surface area contributed by atoms with Crippen LogP contribution in [0.2, 0.25) is 0 Å². The molecule has 2 heterocycles. The molecule has 0 amide bonds. The number of imidazole rings is 1. The molecule has 3 aromatic rings. The van der Waals surface area contributed by atoms with E-state index in [4.69, 9.17) is 0 Å². The van der Waals surface area contributed by atoms with E-state index in [-0.39, 0.29) is 10.6 Å². The predicted molar refractivity (Wildman–Crippen MR) is 86.9 cm³/mol. The topological polar surface area (TPSA) is 63.5 Å². The lowest BCUT2D eigenvalue weighted by molar-refractivity contribution is 0.596. The van der Waals surface area contributed by atoms with Gasteiger partial charge in [-0.15, -0.1) is 0 Å². The predicted octanol–water partition coefficient (Wildman–Crippen LogP) is 2.53. The minimum atomic E-state index is -3.40. The first-order chi connectivity index (χ1) is 10.9. The van der Waals surface area contributed by atoms with E-state index in [1.54, 1.807) is 0 Å². The van der Waals surface area contributed by atoms with Crippen LogP contribution in [0.4, 0.5) is 10.1 Å². The number of sulfone groups is 1. The molecular weight excluding hydrogens is 317 g/mol. The first kappa shape index (κ1) is 15.5. The van der Waals surface area contributed by atoms with Crippen LogP contribution in [-0.4, -0.2) is 30.6 Å². The maximum atomic E-state index is 13.9. The van der Waals surface area contributed by atoms with Gasteiger partial charge in [-0.3, -0.25) is 0 Å². The van der Waals surface area contributed by atoms with Gasteiger partial charge in [0, 0.05) is 31.6 Å². The van der Waals surface area contributed by atoms with Gasteiger partial charge < -0.3 is 9.72 Å². The number of fused-ring (bicyclic) bond motifs is 1. The Labute approximate surface area is 133 Å². The molecule has 0 atom stereocenters. The molecule has 0 saturated carbocycles. The van der Waals surface area contributed by atoms with Gasteiger partial charge in [-0.05, 0) is 30.3 Å². The summed E-state index contributed by atoms with van der Waals surface area (Å²) in [6.45, 7) is 0.499. The largest absolute Gasteiger partial charge is 0.382 e. The van der Waals surface area contributed by atoms with Gasteiger partial charge in [-0.25, -0.2) is 17.8 Å². The number of aromatic nitrogens is 2. The SMILES string of the molecule is CS(=O)(=O)c1ccc(NCCc2cn3ccccc3n2)c(F)c1. The van der Waals surface area contributed by atoms with E-state index < -0.39 is 15.7 Å². The second kappa shape index (κ2) is 6.00. The quantitative estimate of drug-likeness (QED) is 0.779. The number of pyridine rings is 1. The molecule has 0 aliphatic heterocycles. The van der Waals surface area contributed by atoms with Crippen LogP contribution in [0.25, 0.3) is 5.65 Å². The van der Waals surface area contributed by atoms with E-state index in [0.29, 0.717) is 13.0 Å². The Morgan fingerprint density at radius 1 is 1.26 bits per heavy atom. The van der Waals surface area contributed by atoms with Crippen molar-refractivity contribution in [3.8, 4) is 0 Å². The van der Waals surface area contributed by atoms with E-state index >= 15 is 0 Å². The molecular formula is C16H16FN3O2S. The fraction of sp³-hybridized carbons (Fsp3) is 0.188. The number of nitrogens with one attached hydrogen (secondary N) is 1. The lowest BCUT2D eigenvalue weighted by Crippen LogP contribution is -2.07. The number of rotatable bonds is 5. The minimum absolute atomic E-state index is 0.0269. The summed E-state index contributed by atoms with van der Waals surface area (Å²) in [6.07, 6.45) is 5.54. The van der Waals surface area contributed by atoms with Crippen LogP contribution in [0.15, 0.2) is 53.7 Å². The molecule has 120 valence electrons. The molecule has 5 nitrogen and oxygen atoms in total. The lowest BCUT2D eigenvalue weighted by Gasteiger charge is -2.07. The second-order valence-electron chi connectivity index (χ2n) is 5.29. The van der Waals surface area contributed by atoms with Gasteiger partial charge in [0.2, 0.25) is 0 Å². The highest BCUT2D eigenvalue weighted by Gasteiger charge is 2.11. The van der Waals surface area contributed by atoms with Gasteiger partial charge in [-0.1, -0.05) is 6.07 Å². The standard InChI is InChI=1S/C16H16FN3O2S/c1-23(21,22)13-5-6-15(14(17)10-13)18-8-7-12-11-20-9-3-2-4-16(20)19-12/h2-6,9-11,18H,7-8H2,1H3. The Morgan fingerprint density at radius 3 is 2.78 bits per heavy atom. The normalized spacial score (nSPS) is 11.7. The fourth-order valence-corrected chi connectivity index (χ4v) is 2.94. The van der Waals surface area contributed by atoms with Crippen molar-refractivity contribution in [3.05, 3.63) is 60.3 Å². The van der Waals surface area contributed by atoms with Crippen molar-refractivity contribution in [1.29, 1.82) is 0 Å². The third-order valence-electron chi connectivity index (χ3n) is 3.48. The van der Waals surface area contributed by atoms with Gasteiger partial charge in [0.1, 0.15) is 11.5 Å². The number of anilines is 1. The van der Waals surface area contributed by atoms with E-state index in [9.17, 15) is 12.8 Å². The smallest absolute Gasteiger partial charge is 0.175 e. The molecule has 0 spiro atoms. The molecule has 0 aliphatic rings. The number of benzene rings is 1. The summed E-state index contributed by atoms with van der Waals surface area (Å²) in [4.78, 5) is 4.44. The molecule has 1 aromatic carbocycles. The number of halogens is 1. The molecule has 0 unspecified atom stereocenters. The lowest BCUT2D eigenvalue weighted by atomic mass is 10.3. The van der Waals surface area contributed by atoms with Gasteiger partial charge in [0.05, 0.1) is 16.3 Å². The van der Waals surface area contributed by atoms with Crippen LogP contribution in [0.3, 0.4) is 0 Å². The highest BCUT2D eigenvalue weighted by Crippen LogP contribution is 2.19. The van der Waals surface area contributed by atoms with Crippen LogP contribution >= 0.6 is 0 Å². The molecule has 0 aliphatic carbocycles. The van der Waals surface area contributed by atoms with Crippen molar-refractivity contribution < 1.29 is 12.8 Å². The van der Waals surface area contributed by atoms with Gasteiger partial charge in [-0.2, -0.15) is 0 Å². The van der Waals surface area contributed by atoms with Crippen molar-refractivity contribution in [3.63, 3.8) is 0 Å². The first-order valence-electron chi connectivity index (χ1n) is 7.09. The summed E-state index contributed by atoms with van der Waals surface area (Å²) in [5, 5.41) is 2.97. The van der Waals surface area contributed by atoms with Crippen molar-refractivity contribution >= 4 is 21.2 Å². The molecule has 3 rings (SSSR count). The van der Waals surface area contributed by atoms with Crippen LogP contribution in [-0.2, 0) is 16.3 Å². The Balaban J connectivity index is 1.66. The number of hydrogen-bond acceptors (Lipinski definition) is 4. The zero-order valence-electron chi connectivity index (χ0n) is 12.5. The first-order valence-corrected chi connectivity index (χ1v) is 8.99. The maximum absolute atomic E-state index is 13.9. The van der Waals surface area contributed by atoms with Crippen LogP contribution in [0, 0.1) is 5.82 Å². The molecule has 0 bridgehead atoms. The Morgan fingerprint density at radius 2 is 2.09 bits per heavy atom. The van der Waals surface area contributed by atoms with Crippen LogP contribution in [0.5, 0.6) is 0 Å². The molecule has 1 N–H and O–H groups in total. The van der Waals surface area contributed by atoms with Crippen LogP contribution < -0.4 is 5.32 Å². The molecule has 2 aromatic heterocycles. The maximum Gasteiger partial charge on any atom is 0.175 e. The van der Waals surface area contributed by atoms with E-state index in [0.717, 1.165) is 23.7 Å². The monoisotopic (exact) mass is 333 g/mol. The molecule has 0 saturated heterocycles. The molecule has 0 radical (unpaired) electrons. The van der Waals surface area contributed by atoms with E-state index in [1.807, 2.05) is 35.0 Å². The average molecular weight is 333 g/mol. The van der Waals surface area contributed by atoms with E-state index in [2.05, 4.69) is 10.3 Å². The minimum Gasteiger partial charge on any atom is -0.382 e. The Bertz CT molecular complexity index is 918.